The molecule has 8 heteroatoms. The van der Waals surface area contributed by atoms with Gasteiger partial charge in [-0.25, -0.2) is 26.3 Å². The van der Waals surface area contributed by atoms with Crippen molar-refractivity contribution in [1.82, 2.24) is 0 Å². The van der Waals surface area contributed by atoms with Crippen LogP contribution in [0.25, 0.3) is 0 Å². The van der Waals surface area contributed by atoms with Crippen LogP contribution in [0, 0.1) is 11.6 Å². The third-order valence-corrected chi connectivity index (χ3v) is 3.84. The molecular formula is C16H12F6N2. The van der Waals surface area contributed by atoms with Gasteiger partial charge in [0.05, 0.1) is 0 Å². The van der Waals surface area contributed by atoms with E-state index in [9.17, 15) is 26.3 Å². The van der Waals surface area contributed by atoms with Gasteiger partial charge in [-0.3, -0.25) is 0 Å². The first-order chi connectivity index (χ1) is 11.4. The van der Waals surface area contributed by atoms with Crippen LogP contribution in [0.1, 0.15) is 11.6 Å². The normalized spacial score (nSPS) is 20.2. The molecule has 0 saturated heterocycles. The molecule has 0 aliphatic carbocycles. The van der Waals surface area contributed by atoms with Crippen LogP contribution in [-0.4, -0.2) is 19.0 Å². The minimum atomic E-state index is -3.06. The standard InChI is InChI=1S/C16H12F6N2/c17-8-1-4-10(5-2-8)24-13(14(19)20)11-7-9(18)3-6-12(11)23-16(24)15(21)22/h1-7,13-16,23H. The second kappa shape index (κ2) is 6.26. The number of alkyl halides is 4. The third-order valence-electron chi connectivity index (χ3n) is 3.84. The molecule has 0 amide bonds. The molecule has 0 spiro atoms. The average molecular weight is 346 g/mol. The Bertz CT molecular complexity index is 719. The Hall–Kier alpha value is -2.38. The molecule has 2 atom stereocenters. The first-order valence-corrected chi connectivity index (χ1v) is 7.04. The zero-order chi connectivity index (χ0) is 17.4. The van der Waals surface area contributed by atoms with Gasteiger partial charge < -0.3 is 10.2 Å². The van der Waals surface area contributed by atoms with E-state index in [4.69, 9.17) is 0 Å². The molecule has 0 saturated carbocycles. The molecule has 1 N–H and O–H groups in total. The minimum absolute atomic E-state index is 0.0189. The van der Waals surface area contributed by atoms with Crippen LogP contribution >= 0.6 is 0 Å². The number of hydrogen-bond acceptors (Lipinski definition) is 2. The first kappa shape index (κ1) is 16.5. The fourth-order valence-electron chi connectivity index (χ4n) is 2.84. The highest BCUT2D eigenvalue weighted by Crippen LogP contribution is 2.42. The third kappa shape index (κ3) is 2.88. The highest BCUT2D eigenvalue weighted by molar-refractivity contribution is 5.64. The summed E-state index contributed by atoms with van der Waals surface area (Å²) in [5, 5.41) is 2.45. The lowest BCUT2D eigenvalue weighted by Gasteiger charge is -2.44. The van der Waals surface area contributed by atoms with Crippen LogP contribution in [0.4, 0.5) is 37.7 Å². The molecule has 0 fully saturated rings. The monoisotopic (exact) mass is 346 g/mol. The summed E-state index contributed by atoms with van der Waals surface area (Å²) in [6, 6.07) is 5.49. The molecule has 0 aromatic heterocycles. The Morgan fingerprint density at radius 1 is 0.833 bits per heavy atom. The molecule has 2 aromatic rings. The highest BCUT2D eigenvalue weighted by Gasteiger charge is 2.43. The summed E-state index contributed by atoms with van der Waals surface area (Å²) in [7, 11) is 0. The smallest absolute Gasteiger partial charge is 0.276 e. The van der Waals surface area contributed by atoms with Crippen molar-refractivity contribution >= 4 is 11.4 Å². The minimum Gasteiger partial charge on any atom is -0.360 e. The second-order valence-electron chi connectivity index (χ2n) is 5.32. The van der Waals surface area contributed by atoms with Crippen LogP contribution in [0.3, 0.4) is 0 Å². The largest absolute Gasteiger partial charge is 0.360 e. The van der Waals surface area contributed by atoms with Gasteiger partial charge in [0.2, 0.25) is 0 Å². The summed E-state index contributed by atoms with van der Waals surface area (Å²) in [5.74, 6) is -1.38. The topological polar surface area (TPSA) is 15.3 Å². The summed E-state index contributed by atoms with van der Waals surface area (Å²) in [4.78, 5) is 0.760. The molecule has 0 bridgehead atoms. The number of halogens is 6. The van der Waals surface area contributed by atoms with Gasteiger partial charge in [0.1, 0.15) is 17.7 Å². The molecule has 0 radical (unpaired) electrons. The van der Waals surface area contributed by atoms with E-state index in [0.717, 1.165) is 47.4 Å². The lowest BCUT2D eigenvalue weighted by Crippen LogP contribution is -2.53. The van der Waals surface area contributed by atoms with Gasteiger partial charge in [-0.05, 0) is 42.5 Å². The van der Waals surface area contributed by atoms with Gasteiger partial charge in [0.15, 0.2) is 6.17 Å². The fourth-order valence-corrected chi connectivity index (χ4v) is 2.84. The first-order valence-electron chi connectivity index (χ1n) is 7.04. The van der Waals surface area contributed by atoms with Gasteiger partial charge in [0, 0.05) is 16.9 Å². The second-order valence-corrected chi connectivity index (χ2v) is 5.32. The number of rotatable bonds is 3. The van der Waals surface area contributed by atoms with Crippen molar-refractivity contribution in [3.8, 4) is 0 Å². The Morgan fingerprint density at radius 3 is 2.04 bits per heavy atom. The van der Waals surface area contributed by atoms with E-state index >= 15 is 0 Å². The van der Waals surface area contributed by atoms with Crippen LogP contribution < -0.4 is 10.2 Å². The van der Waals surface area contributed by atoms with Gasteiger partial charge >= 0.3 is 0 Å². The molecule has 3 rings (SSSR count). The van der Waals surface area contributed by atoms with E-state index < -0.39 is 36.7 Å². The lowest BCUT2D eigenvalue weighted by atomic mass is 9.98. The van der Waals surface area contributed by atoms with E-state index in [2.05, 4.69) is 5.32 Å². The summed E-state index contributed by atoms with van der Waals surface area (Å²) >= 11 is 0. The van der Waals surface area contributed by atoms with Gasteiger partial charge in [-0.15, -0.1) is 0 Å². The van der Waals surface area contributed by atoms with E-state index in [0.29, 0.717) is 0 Å². The summed E-state index contributed by atoms with van der Waals surface area (Å²) in [6.45, 7) is 0. The number of anilines is 2. The highest BCUT2D eigenvalue weighted by atomic mass is 19.3. The molecule has 2 aromatic carbocycles. The number of fused-ring (bicyclic) bond motifs is 1. The molecule has 24 heavy (non-hydrogen) atoms. The quantitative estimate of drug-likeness (QED) is 0.804. The van der Waals surface area contributed by atoms with Gasteiger partial charge in [0.25, 0.3) is 12.9 Å². The van der Waals surface area contributed by atoms with Crippen molar-refractivity contribution in [3.63, 3.8) is 0 Å². The molecular weight excluding hydrogens is 334 g/mol. The van der Waals surface area contributed by atoms with Crippen molar-refractivity contribution in [1.29, 1.82) is 0 Å². The predicted molar refractivity (Wildman–Crippen MR) is 77.4 cm³/mol. The van der Waals surface area contributed by atoms with Crippen molar-refractivity contribution in [2.45, 2.75) is 25.1 Å². The molecule has 2 nitrogen and oxygen atoms in total. The molecule has 1 heterocycles. The van der Waals surface area contributed by atoms with E-state index in [1.54, 1.807) is 0 Å². The van der Waals surface area contributed by atoms with Crippen molar-refractivity contribution < 1.29 is 26.3 Å². The number of benzene rings is 2. The Kier molecular flexibility index (Phi) is 4.29. The SMILES string of the molecule is Fc1ccc(N2C(C(F)F)Nc3ccc(F)cc3C2C(F)F)cc1. The van der Waals surface area contributed by atoms with Gasteiger partial charge in [-0.1, -0.05) is 0 Å². The van der Waals surface area contributed by atoms with Crippen molar-refractivity contribution in [2.24, 2.45) is 0 Å². The molecule has 128 valence electrons. The number of nitrogens with zero attached hydrogens (tertiary/aromatic N) is 1. The molecule has 1 aliphatic heterocycles. The van der Waals surface area contributed by atoms with E-state index in [1.165, 1.54) is 0 Å². The fraction of sp³-hybridized carbons (Fsp3) is 0.250. The molecule has 2 unspecified atom stereocenters. The maximum atomic E-state index is 13.7. The van der Waals surface area contributed by atoms with Crippen molar-refractivity contribution in [2.75, 3.05) is 10.2 Å². The maximum absolute atomic E-state index is 13.7. The van der Waals surface area contributed by atoms with Crippen molar-refractivity contribution in [3.05, 3.63) is 59.7 Å². The Morgan fingerprint density at radius 2 is 1.46 bits per heavy atom. The summed E-state index contributed by atoms with van der Waals surface area (Å²) in [5.41, 5.74) is -0.133. The van der Waals surface area contributed by atoms with E-state index in [1.807, 2.05) is 0 Å². The number of nitrogens with one attached hydrogen (secondary N) is 1. The van der Waals surface area contributed by atoms with Crippen LogP contribution in [-0.2, 0) is 0 Å². The average Bonchev–Trinajstić information content (AvgIpc) is 2.53. The van der Waals surface area contributed by atoms with Crippen LogP contribution in [0.2, 0.25) is 0 Å². The Labute approximate surface area is 133 Å². The van der Waals surface area contributed by atoms with E-state index in [-0.39, 0.29) is 16.9 Å². The summed E-state index contributed by atoms with van der Waals surface area (Å²) < 4.78 is 80.8. The molecule has 1 aliphatic rings. The van der Waals surface area contributed by atoms with Gasteiger partial charge in [-0.2, -0.15) is 0 Å². The summed E-state index contributed by atoms with van der Waals surface area (Å²) in [6.07, 6.45) is -7.82. The zero-order valence-corrected chi connectivity index (χ0v) is 12.1. The lowest BCUT2D eigenvalue weighted by molar-refractivity contribution is 0.0759. The zero-order valence-electron chi connectivity index (χ0n) is 12.1. The maximum Gasteiger partial charge on any atom is 0.276 e. The van der Waals surface area contributed by atoms with Crippen LogP contribution in [0.5, 0.6) is 0 Å². The van der Waals surface area contributed by atoms with Crippen LogP contribution in [0.15, 0.2) is 42.5 Å². The number of hydrogen-bond donors (Lipinski definition) is 1. The predicted octanol–water partition coefficient (Wildman–Crippen LogP) is 4.79. The Balaban J connectivity index is 2.16.